The van der Waals surface area contributed by atoms with Crippen LogP contribution in [-0.4, -0.2) is 32.2 Å². The van der Waals surface area contributed by atoms with Crippen LogP contribution in [0.1, 0.15) is 51.7 Å². The van der Waals surface area contributed by atoms with Crippen LogP contribution in [0.4, 0.5) is 0 Å². The highest BCUT2D eigenvalue weighted by molar-refractivity contribution is 7.99. The molecule has 0 aliphatic carbocycles. The molecule has 0 aliphatic rings. The van der Waals surface area contributed by atoms with Crippen LogP contribution in [0.3, 0.4) is 0 Å². The number of hydrogen-bond acceptors (Lipinski definition) is 4. The standard InChI is InChI=1S/C30H36O3S/c1-30(2,3)33-29(26-19-21-27(32-5)22-20-26)25(15-9-6-7-13-23-31-4)16-12-14-24-34-28-17-10-8-11-18-28/h8,10-11,16-22,29H,6-7,13,23-24H2,1-5H3/b25-16-. The van der Waals surface area contributed by atoms with E-state index in [0.717, 1.165) is 42.8 Å². The smallest absolute Gasteiger partial charge is 0.118 e. The largest absolute Gasteiger partial charge is 0.497 e. The third-order valence-corrected chi connectivity index (χ3v) is 5.58. The van der Waals surface area contributed by atoms with Crippen molar-refractivity contribution in [2.24, 2.45) is 0 Å². The predicted molar refractivity (Wildman–Crippen MR) is 143 cm³/mol. The summed E-state index contributed by atoms with van der Waals surface area (Å²) in [5.41, 5.74) is 1.54. The molecule has 4 heteroatoms. The van der Waals surface area contributed by atoms with E-state index in [0.29, 0.717) is 5.75 Å². The normalized spacial score (nSPS) is 12.2. The van der Waals surface area contributed by atoms with Crippen LogP contribution < -0.4 is 4.74 Å². The van der Waals surface area contributed by atoms with Gasteiger partial charge in [-0.1, -0.05) is 54.0 Å². The van der Waals surface area contributed by atoms with Crippen LogP contribution in [0.5, 0.6) is 5.75 Å². The van der Waals surface area contributed by atoms with Gasteiger partial charge in [0.25, 0.3) is 0 Å². The second kappa shape index (κ2) is 15.3. The van der Waals surface area contributed by atoms with Crippen molar-refractivity contribution in [1.29, 1.82) is 0 Å². The summed E-state index contributed by atoms with van der Waals surface area (Å²) in [6.45, 7) is 6.93. The SMILES string of the molecule is COCCCCC#C/C(=C/C#CCSc1ccccc1)C(OC(C)(C)C)c1ccc(OC)cc1. The molecule has 0 N–H and O–H groups in total. The van der Waals surface area contributed by atoms with Crippen molar-refractivity contribution in [3.05, 3.63) is 71.8 Å². The Morgan fingerprint density at radius 1 is 0.971 bits per heavy atom. The minimum absolute atomic E-state index is 0.312. The summed E-state index contributed by atoms with van der Waals surface area (Å²) < 4.78 is 16.9. The van der Waals surface area contributed by atoms with Gasteiger partial charge in [0.15, 0.2) is 0 Å². The molecule has 1 atom stereocenters. The molecule has 0 saturated carbocycles. The molecule has 0 saturated heterocycles. The lowest BCUT2D eigenvalue weighted by atomic mass is 9.99. The topological polar surface area (TPSA) is 27.7 Å². The summed E-state index contributed by atoms with van der Waals surface area (Å²) in [5, 5.41) is 0. The van der Waals surface area contributed by atoms with Gasteiger partial charge in [0, 0.05) is 36.7 Å². The molecule has 180 valence electrons. The minimum atomic E-state index is -0.347. The van der Waals surface area contributed by atoms with Crippen molar-refractivity contribution in [2.75, 3.05) is 26.6 Å². The lowest BCUT2D eigenvalue weighted by Crippen LogP contribution is -2.23. The van der Waals surface area contributed by atoms with Crippen LogP contribution in [0.25, 0.3) is 0 Å². The average molecular weight is 477 g/mol. The highest BCUT2D eigenvalue weighted by Gasteiger charge is 2.23. The van der Waals surface area contributed by atoms with Crippen LogP contribution in [0.15, 0.2) is 71.1 Å². The fourth-order valence-electron chi connectivity index (χ4n) is 3.05. The third kappa shape index (κ3) is 11.0. The van der Waals surface area contributed by atoms with E-state index in [2.05, 4.69) is 56.6 Å². The summed E-state index contributed by atoms with van der Waals surface area (Å²) >= 11 is 1.72. The van der Waals surface area contributed by atoms with E-state index in [1.165, 1.54) is 4.90 Å². The van der Waals surface area contributed by atoms with E-state index in [1.54, 1.807) is 26.0 Å². The van der Waals surface area contributed by atoms with Gasteiger partial charge in [0.2, 0.25) is 0 Å². The molecule has 0 fully saturated rings. The van der Waals surface area contributed by atoms with Crippen molar-refractivity contribution < 1.29 is 14.2 Å². The minimum Gasteiger partial charge on any atom is -0.497 e. The summed E-state index contributed by atoms with van der Waals surface area (Å²) in [5.74, 6) is 14.7. The molecular formula is C30H36O3S. The Morgan fingerprint density at radius 3 is 2.35 bits per heavy atom. The molecule has 1 unspecified atom stereocenters. The van der Waals surface area contributed by atoms with Gasteiger partial charge in [-0.3, -0.25) is 0 Å². The average Bonchev–Trinajstić information content (AvgIpc) is 2.83. The third-order valence-electron chi connectivity index (χ3n) is 4.69. The second-order valence-electron chi connectivity index (χ2n) is 8.66. The molecule has 0 bridgehead atoms. The fourth-order valence-corrected chi connectivity index (χ4v) is 3.72. The predicted octanol–water partition coefficient (Wildman–Crippen LogP) is 7.09. The van der Waals surface area contributed by atoms with E-state index < -0.39 is 0 Å². The Kier molecular flexibility index (Phi) is 12.4. The Hall–Kier alpha value is -2.63. The molecule has 0 aliphatic heterocycles. The number of unbranched alkanes of at least 4 members (excludes halogenated alkanes) is 2. The fraction of sp³-hybridized carbons (Fsp3) is 0.400. The monoisotopic (exact) mass is 476 g/mol. The maximum Gasteiger partial charge on any atom is 0.118 e. The van der Waals surface area contributed by atoms with Crippen molar-refractivity contribution in [1.82, 2.24) is 0 Å². The lowest BCUT2D eigenvalue weighted by Gasteiger charge is -2.28. The first kappa shape index (κ1) is 27.6. The lowest BCUT2D eigenvalue weighted by molar-refractivity contribution is -0.0428. The Balaban J connectivity index is 2.27. The van der Waals surface area contributed by atoms with Gasteiger partial charge >= 0.3 is 0 Å². The van der Waals surface area contributed by atoms with Crippen LogP contribution in [0.2, 0.25) is 0 Å². The quantitative estimate of drug-likeness (QED) is 0.208. The highest BCUT2D eigenvalue weighted by Crippen LogP contribution is 2.31. The number of allylic oxidation sites excluding steroid dienone is 1. The molecule has 3 nitrogen and oxygen atoms in total. The van der Waals surface area contributed by atoms with Crippen molar-refractivity contribution >= 4 is 11.8 Å². The first-order chi connectivity index (χ1) is 16.4. The molecule has 2 aromatic carbocycles. The van der Waals surface area contributed by atoms with Crippen LogP contribution >= 0.6 is 11.8 Å². The zero-order chi connectivity index (χ0) is 24.7. The van der Waals surface area contributed by atoms with Gasteiger partial charge in [-0.2, -0.15) is 0 Å². The maximum atomic E-state index is 6.48. The molecule has 0 heterocycles. The van der Waals surface area contributed by atoms with E-state index >= 15 is 0 Å². The van der Waals surface area contributed by atoms with Gasteiger partial charge < -0.3 is 14.2 Å². The van der Waals surface area contributed by atoms with Gasteiger partial charge in [-0.05, 0) is 63.4 Å². The number of ether oxygens (including phenoxy) is 3. The summed E-state index contributed by atoms with van der Waals surface area (Å²) in [6.07, 6.45) is 4.41. The zero-order valence-corrected chi connectivity index (χ0v) is 21.8. The second-order valence-corrected chi connectivity index (χ2v) is 9.71. The molecule has 0 aromatic heterocycles. The summed E-state index contributed by atoms with van der Waals surface area (Å²) in [6, 6.07) is 18.3. The van der Waals surface area contributed by atoms with Gasteiger partial charge in [-0.25, -0.2) is 0 Å². The molecule has 0 spiro atoms. The van der Waals surface area contributed by atoms with Crippen LogP contribution in [-0.2, 0) is 9.47 Å². The van der Waals surface area contributed by atoms with Crippen molar-refractivity contribution in [2.45, 2.75) is 56.6 Å². The summed E-state index contributed by atoms with van der Waals surface area (Å²) in [4.78, 5) is 1.21. The van der Waals surface area contributed by atoms with E-state index in [-0.39, 0.29) is 11.7 Å². The molecule has 34 heavy (non-hydrogen) atoms. The van der Waals surface area contributed by atoms with E-state index in [1.807, 2.05) is 48.5 Å². The van der Waals surface area contributed by atoms with Crippen LogP contribution in [0, 0.1) is 23.7 Å². The zero-order valence-electron chi connectivity index (χ0n) is 21.0. The Bertz CT molecular complexity index is 997. The van der Waals surface area contributed by atoms with Gasteiger partial charge in [-0.15, -0.1) is 11.8 Å². The highest BCUT2D eigenvalue weighted by atomic mass is 32.2. The van der Waals surface area contributed by atoms with E-state index in [9.17, 15) is 0 Å². The Labute approximate surface area is 210 Å². The number of methoxy groups -OCH3 is 2. The van der Waals surface area contributed by atoms with Crippen molar-refractivity contribution in [3.63, 3.8) is 0 Å². The van der Waals surface area contributed by atoms with Gasteiger partial charge in [0.05, 0.1) is 18.5 Å². The molecule has 2 rings (SSSR count). The van der Waals surface area contributed by atoms with E-state index in [4.69, 9.17) is 14.2 Å². The van der Waals surface area contributed by atoms with Gasteiger partial charge in [0.1, 0.15) is 11.9 Å². The molecule has 0 radical (unpaired) electrons. The molecule has 0 amide bonds. The number of hydrogen-bond donors (Lipinski definition) is 0. The first-order valence-electron chi connectivity index (χ1n) is 11.6. The van der Waals surface area contributed by atoms with Crippen molar-refractivity contribution in [3.8, 4) is 29.4 Å². The maximum absolute atomic E-state index is 6.48. The number of benzene rings is 2. The molecular weight excluding hydrogens is 440 g/mol. The first-order valence-corrected chi connectivity index (χ1v) is 12.6. The Morgan fingerprint density at radius 2 is 1.71 bits per heavy atom. The number of thioether (sulfide) groups is 1. The summed E-state index contributed by atoms with van der Waals surface area (Å²) in [7, 11) is 3.39. The molecule has 2 aromatic rings. The number of rotatable bonds is 10.